The molecule has 0 bridgehead atoms. The van der Waals surface area contributed by atoms with Gasteiger partial charge >= 0.3 is 0 Å². The van der Waals surface area contributed by atoms with Crippen LogP contribution in [-0.2, 0) is 6.54 Å². The van der Waals surface area contributed by atoms with E-state index in [-0.39, 0.29) is 39.7 Å². The van der Waals surface area contributed by atoms with Gasteiger partial charge in [-0.2, -0.15) is 4.98 Å². The Morgan fingerprint density at radius 2 is 1.71 bits per heavy atom. The fraction of sp³-hybridized carbons (Fsp3) is 0.167. The maximum Gasteiger partial charge on any atom is 0.271 e. The highest BCUT2D eigenvalue weighted by Crippen LogP contribution is 2.29. The number of halogens is 1. The molecule has 0 saturated heterocycles. The molecule has 4 rings (SSSR count). The van der Waals surface area contributed by atoms with Crippen molar-refractivity contribution in [1.29, 1.82) is 0 Å². The number of ether oxygens (including phenoxy) is 3. The highest BCUT2D eigenvalue weighted by molar-refractivity contribution is 7.71. The van der Waals surface area contributed by atoms with Crippen molar-refractivity contribution in [1.82, 2.24) is 14.1 Å². The van der Waals surface area contributed by atoms with Gasteiger partial charge in [-0.05, 0) is 54.2 Å². The normalized spacial score (nSPS) is 10.9. The second-order valence-electron chi connectivity index (χ2n) is 7.45. The first-order valence-electron chi connectivity index (χ1n) is 10.3. The average molecular weight is 513 g/mol. The average Bonchev–Trinajstić information content (AvgIpc) is 2.86. The quantitative estimate of drug-likeness (QED) is 0.375. The lowest BCUT2D eigenvalue weighted by molar-refractivity contribution is 0.1000. The second-order valence-corrected chi connectivity index (χ2v) is 8.26. The molecule has 180 valence electrons. The molecule has 0 spiro atoms. The van der Waals surface area contributed by atoms with Gasteiger partial charge in [0.1, 0.15) is 17.0 Å². The number of hydrogen-bond donors (Lipinski definition) is 1. The van der Waals surface area contributed by atoms with Crippen molar-refractivity contribution < 1.29 is 19.0 Å². The topological polar surface area (TPSA) is 111 Å². The standard InChI is InChI=1S/C24H21ClN4O5S/c1-32-17-8-9-19(27-22(17)34-3)29-23(31)20-16(10-14(21(26)30)11-18(20)33-2)28(24(29)35)12-13-4-6-15(25)7-5-13/h4-11H,12H2,1-3H3,(H2,26,30). The number of amides is 1. The third-order valence-corrected chi connectivity index (χ3v) is 6.08. The van der Waals surface area contributed by atoms with Gasteiger partial charge in [0, 0.05) is 10.6 Å². The maximum atomic E-state index is 13.8. The number of aromatic nitrogens is 3. The van der Waals surface area contributed by atoms with Crippen LogP contribution in [0.3, 0.4) is 0 Å². The largest absolute Gasteiger partial charge is 0.496 e. The van der Waals surface area contributed by atoms with Crippen LogP contribution in [0.1, 0.15) is 15.9 Å². The summed E-state index contributed by atoms with van der Waals surface area (Å²) in [4.78, 5) is 30.2. The fourth-order valence-corrected chi connectivity index (χ4v) is 4.19. The van der Waals surface area contributed by atoms with Gasteiger partial charge in [0.2, 0.25) is 5.91 Å². The van der Waals surface area contributed by atoms with Crippen LogP contribution in [0.4, 0.5) is 0 Å². The van der Waals surface area contributed by atoms with E-state index in [9.17, 15) is 9.59 Å². The Hall–Kier alpha value is -3.89. The summed E-state index contributed by atoms with van der Waals surface area (Å²) in [6, 6.07) is 13.4. The van der Waals surface area contributed by atoms with Crippen molar-refractivity contribution in [2.75, 3.05) is 21.3 Å². The lowest BCUT2D eigenvalue weighted by Gasteiger charge is -2.18. The van der Waals surface area contributed by atoms with Crippen molar-refractivity contribution in [2.24, 2.45) is 5.73 Å². The lowest BCUT2D eigenvalue weighted by Crippen LogP contribution is -2.26. The van der Waals surface area contributed by atoms with Gasteiger partial charge in [0.05, 0.1) is 33.4 Å². The molecule has 0 unspecified atom stereocenters. The molecule has 1 amide bonds. The number of rotatable bonds is 7. The molecule has 0 aliphatic rings. The van der Waals surface area contributed by atoms with E-state index in [2.05, 4.69) is 4.98 Å². The van der Waals surface area contributed by atoms with Crippen molar-refractivity contribution in [2.45, 2.75) is 6.54 Å². The number of fused-ring (bicyclic) bond motifs is 1. The van der Waals surface area contributed by atoms with E-state index in [4.69, 9.17) is 43.8 Å². The van der Waals surface area contributed by atoms with Gasteiger partial charge in [0.15, 0.2) is 10.5 Å². The van der Waals surface area contributed by atoms with Crippen molar-refractivity contribution in [3.8, 4) is 23.2 Å². The number of carbonyl (C=O) groups is 1. The summed E-state index contributed by atoms with van der Waals surface area (Å²) in [5.41, 5.74) is 6.49. The molecule has 0 atom stereocenters. The molecule has 2 heterocycles. The monoisotopic (exact) mass is 512 g/mol. The Morgan fingerprint density at radius 1 is 1.03 bits per heavy atom. The summed E-state index contributed by atoms with van der Waals surface area (Å²) >= 11 is 11.8. The lowest BCUT2D eigenvalue weighted by atomic mass is 10.1. The zero-order valence-electron chi connectivity index (χ0n) is 19.1. The van der Waals surface area contributed by atoms with Crippen LogP contribution in [0.25, 0.3) is 16.7 Å². The van der Waals surface area contributed by atoms with Crippen molar-refractivity contribution in [3.63, 3.8) is 0 Å². The van der Waals surface area contributed by atoms with Crippen molar-refractivity contribution >= 4 is 40.6 Å². The molecule has 9 nitrogen and oxygen atoms in total. The summed E-state index contributed by atoms with van der Waals surface area (Å²) in [5, 5.41) is 0.788. The van der Waals surface area contributed by atoms with Crippen LogP contribution in [0.5, 0.6) is 17.4 Å². The minimum Gasteiger partial charge on any atom is -0.496 e. The third kappa shape index (κ3) is 4.45. The summed E-state index contributed by atoms with van der Waals surface area (Å²) in [5.74, 6) is 0.320. The fourth-order valence-electron chi connectivity index (χ4n) is 3.73. The van der Waals surface area contributed by atoms with Crippen LogP contribution in [0, 0.1) is 4.77 Å². The van der Waals surface area contributed by atoms with Gasteiger partial charge in [-0.15, -0.1) is 0 Å². The highest BCUT2D eigenvalue weighted by atomic mass is 35.5. The van der Waals surface area contributed by atoms with E-state index < -0.39 is 11.5 Å². The van der Waals surface area contributed by atoms with Gasteiger partial charge in [-0.25, -0.2) is 4.57 Å². The third-order valence-electron chi connectivity index (χ3n) is 5.42. The smallest absolute Gasteiger partial charge is 0.271 e. The van der Waals surface area contributed by atoms with Crippen LogP contribution in [-0.4, -0.2) is 41.4 Å². The molecule has 0 radical (unpaired) electrons. The SMILES string of the molecule is COc1ccc(-n2c(=O)c3c(OC)cc(C(N)=O)cc3n(Cc3ccc(Cl)cc3)c2=S)nc1OC. The number of nitrogens with zero attached hydrogens (tertiary/aromatic N) is 3. The maximum absolute atomic E-state index is 13.8. The molecule has 0 saturated carbocycles. The first-order valence-corrected chi connectivity index (χ1v) is 11.1. The number of hydrogen-bond acceptors (Lipinski definition) is 7. The number of primary amides is 1. The first-order chi connectivity index (χ1) is 16.8. The molecule has 2 N–H and O–H groups in total. The Morgan fingerprint density at radius 3 is 2.31 bits per heavy atom. The summed E-state index contributed by atoms with van der Waals surface area (Å²) in [6.07, 6.45) is 0. The highest BCUT2D eigenvalue weighted by Gasteiger charge is 2.20. The summed E-state index contributed by atoms with van der Waals surface area (Å²) < 4.78 is 19.2. The van der Waals surface area contributed by atoms with Gasteiger partial charge < -0.3 is 24.5 Å². The van der Waals surface area contributed by atoms with E-state index in [1.807, 2.05) is 12.1 Å². The predicted molar refractivity (Wildman–Crippen MR) is 135 cm³/mol. The molecular weight excluding hydrogens is 492 g/mol. The Balaban J connectivity index is 2.11. The summed E-state index contributed by atoms with van der Waals surface area (Å²) in [7, 11) is 4.34. The van der Waals surface area contributed by atoms with Crippen molar-refractivity contribution in [3.05, 3.63) is 79.8 Å². The molecule has 2 aromatic heterocycles. The van der Waals surface area contributed by atoms with E-state index in [1.54, 1.807) is 28.8 Å². The van der Waals surface area contributed by atoms with E-state index >= 15 is 0 Å². The predicted octanol–water partition coefficient (Wildman–Crippen LogP) is 3.74. The molecule has 35 heavy (non-hydrogen) atoms. The molecule has 0 aliphatic carbocycles. The molecule has 11 heteroatoms. The second kappa shape index (κ2) is 9.77. The molecule has 0 fully saturated rings. The molecular formula is C24H21ClN4O5S. The first kappa shape index (κ1) is 24.2. The Kier molecular flexibility index (Phi) is 6.77. The number of benzene rings is 2. The van der Waals surface area contributed by atoms with Gasteiger partial charge in [-0.3, -0.25) is 9.59 Å². The molecule has 4 aromatic rings. The van der Waals surface area contributed by atoms with Gasteiger partial charge in [-0.1, -0.05) is 23.7 Å². The van der Waals surface area contributed by atoms with E-state index in [1.165, 1.54) is 38.0 Å². The number of carbonyl (C=O) groups excluding carboxylic acids is 1. The van der Waals surface area contributed by atoms with E-state index in [0.717, 1.165) is 5.56 Å². The minimum absolute atomic E-state index is 0.140. The van der Waals surface area contributed by atoms with Gasteiger partial charge in [0.25, 0.3) is 11.4 Å². The molecule has 0 aliphatic heterocycles. The Labute approximate surface area is 210 Å². The Bertz CT molecular complexity index is 1560. The number of pyridine rings is 1. The summed E-state index contributed by atoms with van der Waals surface area (Å²) in [6.45, 7) is 0.269. The molecule has 2 aromatic carbocycles. The van der Waals surface area contributed by atoms with Crippen LogP contribution in [0.15, 0.2) is 53.3 Å². The minimum atomic E-state index is -0.667. The zero-order chi connectivity index (χ0) is 25.3. The zero-order valence-corrected chi connectivity index (χ0v) is 20.6. The van der Waals surface area contributed by atoms with Crippen LogP contribution < -0.4 is 25.5 Å². The number of methoxy groups -OCH3 is 3. The van der Waals surface area contributed by atoms with Crippen LogP contribution >= 0.6 is 23.8 Å². The number of nitrogens with two attached hydrogens (primary N) is 1. The van der Waals surface area contributed by atoms with E-state index in [0.29, 0.717) is 16.3 Å². The van der Waals surface area contributed by atoms with Crippen LogP contribution in [0.2, 0.25) is 5.02 Å².